The summed E-state index contributed by atoms with van der Waals surface area (Å²) in [4.78, 5) is 31.3. The van der Waals surface area contributed by atoms with Crippen LogP contribution in [0.15, 0.2) is 12.7 Å². The molecule has 0 aromatic rings. The molecular weight excluding hydrogens is 364 g/mol. The molecule has 0 radical (unpaired) electrons. The van der Waals surface area contributed by atoms with Crippen molar-refractivity contribution in [2.45, 2.75) is 71.3 Å². The number of carbonyl (C=O) groups is 2. The van der Waals surface area contributed by atoms with Crippen LogP contribution in [0.3, 0.4) is 0 Å². The number of likely N-dealkylation sites (N-methyl/N-ethyl adjacent to an activating group) is 1. The number of nitrogens with zero attached hydrogens (tertiary/aromatic N) is 2. The van der Waals surface area contributed by atoms with Crippen LogP contribution in [0.4, 0.5) is 4.79 Å². The van der Waals surface area contributed by atoms with Gasteiger partial charge in [0, 0.05) is 7.05 Å². The van der Waals surface area contributed by atoms with Crippen molar-refractivity contribution in [1.82, 2.24) is 9.96 Å². The molecule has 0 aromatic carbocycles. The average Bonchev–Trinajstić information content (AvgIpc) is 2.50. The Morgan fingerprint density at radius 2 is 1.67 bits per heavy atom. The highest BCUT2D eigenvalue weighted by Crippen LogP contribution is 2.36. The second kappa shape index (κ2) is 9.70. The monoisotopic (exact) mass is 402 g/mol. The molecule has 158 valence electrons. The van der Waals surface area contributed by atoms with Gasteiger partial charge in [0.05, 0.1) is 19.8 Å². The van der Waals surface area contributed by atoms with E-state index in [1.54, 1.807) is 26.8 Å². The van der Waals surface area contributed by atoms with Crippen LogP contribution in [0.1, 0.15) is 41.5 Å². The van der Waals surface area contributed by atoms with Crippen molar-refractivity contribution in [3.8, 4) is 0 Å². The van der Waals surface area contributed by atoms with Crippen molar-refractivity contribution in [3.05, 3.63) is 12.7 Å². The Bertz CT molecular complexity index is 523. The Morgan fingerprint density at radius 1 is 1.15 bits per heavy atom. The molecule has 0 aliphatic rings. The number of hydrogen-bond acceptors (Lipinski definition) is 5. The fourth-order valence-corrected chi connectivity index (χ4v) is 2.80. The molecule has 0 N–H and O–H groups in total. The fraction of sp³-hybridized carbons (Fsp3) is 0.789. The van der Waals surface area contributed by atoms with E-state index in [4.69, 9.17) is 14.0 Å². The average molecular weight is 403 g/mol. The van der Waals surface area contributed by atoms with Crippen molar-refractivity contribution < 1.29 is 23.6 Å². The number of rotatable bonds is 8. The largest absolute Gasteiger partial charge is 0.444 e. The maximum absolute atomic E-state index is 12.7. The van der Waals surface area contributed by atoms with Crippen LogP contribution in [0, 0.1) is 0 Å². The molecule has 8 heteroatoms. The van der Waals surface area contributed by atoms with E-state index in [1.807, 2.05) is 0 Å². The van der Waals surface area contributed by atoms with Gasteiger partial charge in [0.25, 0.3) is 5.91 Å². The van der Waals surface area contributed by atoms with E-state index < -0.39 is 26.1 Å². The summed E-state index contributed by atoms with van der Waals surface area (Å²) in [6.45, 7) is 19.9. The van der Waals surface area contributed by atoms with Gasteiger partial charge in [0.15, 0.2) is 8.32 Å². The van der Waals surface area contributed by atoms with Gasteiger partial charge in [-0.05, 0) is 38.9 Å². The van der Waals surface area contributed by atoms with E-state index in [1.165, 1.54) is 19.1 Å². The summed E-state index contributed by atoms with van der Waals surface area (Å²) in [5.74, 6) is -0.373. The van der Waals surface area contributed by atoms with E-state index >= 15 is 0 Å². The summed E-state index contributed by atoms with van der Waals surface area (Å²) >= 11 is 0. The molecule has 0 aromatic heterocycles. The Hall–Kier alpha value is -1.38. The summed E-state index contributed by atoms with van der Waals surface area (Å²) < 4.78 is 11.7. The number of hydrogen-bond donors (Lipinski definition) is 0. The van der Waals surface area contributed by atoms with Gasteiger partial charge in [0.2, 0.25) is 0 Å². The summed E-state index contributed by atoms with van der Waals surface area (Å²) in [5, 5.41) is 1.10. The minimum atomic E-state index is -2.03. The van der Waals surface area contributed by atoms with Crippen LogP contribution < -0.4 is 0 Å². The van der Waals surface area contributed by atoms with Crippen LogP contribution in [-0.2, 0) is 18.8 Å². The molecule has 0 unspecified atom stereocenters. The highest BCUT2D eigenvalue weighted by Gasteiger charge is 2.38. The zero-order valence-electron chi connectivity index (χ0n) is 18.7. The van der Waals surface area contributed by atoms with Crippen molar-refractivity contribution >= 4 is 20.3 Å². The molecule has 0 bridgehead atoms. The second-order valence-corrected chi connectivity index (χ2v) is 13.9. The quantitative estimate of drug-likeness (QED) is 0.351. The standard InChI is InChI=1S/C19H38N2O5Si/c1-12-15(14-25-27(10,11)19(5,6)7)21(13-16(22)20(8)24-9)17(23)26-18(2,3)4/h12,15H,1,13-14H2,2-11H3/t15-/m0/s1. The molecule has 1 atom stereocenters. The number of carbonyl (C=O) groups excluding carboxylic acids is 2. The number of ether oxygens (including phenoxy) is 1. The minimum absolute atomic E-state index is 0.0293. The minimum Gasteiger partial charge on any atom is -0.444 e. The molecule has 2 amide bonds. The SMILES string of the molecule is C=C[C@@H](CO[Si](C)(C)C(C)(C)C)N(CC(=O)N(C)OC)C(=O)OC(C)(C)C. The maximum Gasteiger partial charge on any atom is 0.411 e. The lowest BCUT2D eigenvalue weighted by atomic mass is 10.2. The van der Waals surface area contributed by atoms with Crippen molar-refractivity contribution in [1.29, 1.82) is 0 Å². The molecule has 0 saturated carbocycles. The van der Waals surface area contributed by atoms with Gasteiger partial charge < -0.3 is 9.16 Å². The van der Waals surface area contributed by atoms with Gasteiger partial charge in [-0.15, -0.1) is 6.58 Å². The van der Waals surface area contributed by atoms with Crippen LogP contribution in [0.25, 0.3) is 0 Å². The predicted molar refractivity (Wildman–Crippen MR) is 110 cm³/mol. The molecule has 0 aliphatic heterocycles. The predicted octanol–water partition coefficient (Wildman–Crippen LogP) is 3.82. The fourth-order valence-electron chi connectivity index (χ4n) is 1.78. The third-order valence-corrected chi connectivity index (χ3v) is 9.15. The zero-order valence-corrected chi connectivity index (χ0v) is 19.7. The lowest BCUT2D eigenvalue weighted by molar-refractivity contribution is -0.170. The first-order valence-electron chi connectivity index (χ1n) is 9.12. The number of hydroxylamine groups is 2. The van der Waals surface area contributed by atoms with Crippen LogP contribution >= 0.6 is 0 Å². The van der Waals surface area contributed by atoms with Crippen molar-refractivity contribution in [2.75, 3.05) is 27.3 Å². The zero-order chi connectivity index (χ0) is 21.6. The summed E-state index contributed by atoms with van der Waals surface area (Å²) in [6.07, 6.45) is 1.01. The van der Waals surface area contributed by atoms with Crippen LogP contribution in [0.5, 0.6) is 0 Å². The highest BCUT2D eigenvalue weighted by molar-refractivity contribution is 6.74. The van der Waals surface area contributed by atoms with E-state index in [0.29, 0.717) is 0 Å². The van der Waals surface area contributed by atoms with E-state index in [9.17, 15) is 9.59 Å². The number of amides is 2. The molecule has 0 heterocycles. The lowest BCUT2D eigenvalue weighted by Crippen LogP contribution is -2.51. The van der Waals surface area contributed by atoms with E-state index in [2.05, 4.69) is 40.4 Å². The lowest BCUT2D eigenvalue weighted by Gasteiger charge is -2.39. The Morgan fingerprint density at radius 3 is 2.04 bits per heavy atom. The Balaban J connectivity index is 5.49. The Kier molecular flexibility index (Phi) is 9.21. The van der Waals surface area contributed by atoms with Gasteiger partial charge in [-0.1, -0.05) is 26.8 Å². The second-order valence-electron chi connectivity index (χ2n) is 9.06. The molecular formula is C19H38N2O5Si. The van der Waals surface area contributed by atoms with Crippen LogP contribution in [0.2, 0.25) is 18.1 Å². The summed E-state index contributed by atoms with van der Waals surface area (Å²) in [6, 6.07) is -0.497. The van der Waals surface area contributed by atoms with E-state index in [0.717, 1.165) is 5.06 Å². The molecule has 0 fully saturated rings. The van der Waals surface area contributed by atoms with E-state index in [-0.39, 0.29) is 24.1 Å². The topological polar surface area (TPSA) is 68.3 Å². The normalized spacial score (nSPS) is 13.7. The summed E-state index contributed by atoms with van der Waals surface area (Å²) in [5.41, 5.74) is -0.683. The third kappa shape index (κ3) is 8.44. The third-order valence-electron chi connectivity index (χ3n) is 4.65. The molecule has 0 spiro atoms. The van der Waals surface area contributed by atoms with Gasteiger partial charge in [0.1, 0.15) is 12.1 Å². The van der Waals surface area contributed by atoms with Gasteiger partial charge in [-0.25, -0.2) is 9.86 Å². The van der Waals surface area contributed by atoms with Crippen molar-refractivity contribution in [2.24, 2.45) is 0 Å². The first-order chi connectivity index (χ1) is 12.1. The van der Waals surface area contributed by atoms with Gasteiger partial charge in [-0.3, -0.25) is 14.5 Å². The maximum atomic E-state index is 12.7. The van der Waals surface area contributed by atoms with Gasteiger partial charge in [-0.2, -0.15) is 0 Å². The molecule has 27 heavy (non-hydrogen) atoms. The first kappa shape index (κ1) is 25.6. The first-order valence-corrected chi connectivity index (χ1v) is 12.0. The Labute approximate surface area is 165 Å². The molecule has 7 nitrogen and oxygen atoms in total. The smallest absolute Gasteiger partial charge is 0.411 e. The molecule has 0 rings (SSSR count). The van der Waals surface area contributed by atoms with Gasteiger partial charge >= 0.3 is 6.09 Å². The molecule has 0 aliphatic carbocycles. The highest BCUT2D eigenvalue weighted by atomic mass is 28.4. The summed E-state index contributed by atoms with van der Waals surface area (Å²) in [7, 11) is 0.854. The molecule has 0 saturated heterocycles. The van der Waals surface area contributed by atoms with Crippen LogP contribution in [-0.4, -0.2) is 69.2 Å². The van der Waals surface area contributed by atoms with Crippen molar-refractivity contribution in [3.63, 3.8) is 0 Å².